The molecular weight excluding hydrogens is 303 g/mol. The zero-order valence-electron chi connectivity index (χ0n) is 13.9. The van der Waals surface area contributed by atoms with E-state index in [1.54, 1.807) is 20.8 Å². The van der Waals surface area contributed by atoms with Crippen molar-refractivity contribution < 1.29 is 24.1 Å². The highest BCUT2D eigenvalue weighted by molar-refractivity contribution is 5.67. The molecule has 2 atom stereocenters. The molecule has 6 nitrogen and oxygen atoms in total. The van der Waals surface area contributed by atoms with E-state index in [9.17, 15) is 19.4 Å². The Morgan fingerprint density at radius 1 is 1.39 bits per heavy atom. The van der Waals surface area contributed by atoms with Crippen molar-refractivity contribution in [2.45, 2.75) is 51.9 Å². The second kappa shape index (κ2) is 7.61. The molecule has 0 heterocycles. The third kappa shape index (κ3) is 5.69. The van der Waals surface area contributed by atoms with Crippen LogP contribution in [0.25, 0.3) is 0 Å². The standard InChI is InChI=1S/C16H25FN2O4/c1-9-11(18)6-5-10(13(9)17)14(21)12(20)7-8-19-15(22)23-16(2,3)4/h5-6,12,14,20-21H,7-8,18H2,1-4H3,(H,19,22). The van der Waals surface area contributed by atoms with Gasteiger partial charge in [-0.1, -0.05) is 6.07 Å². The first-order valence-corrected chi connectivity index (χ1v) is 7.40. The largest absolute Gasteiger partial charge is 0.444 e. The number of benzene rings is 1. The second-order valence-corrected chi connectivity index (χ2v) is 6.41. The molecule has 2 unspecified atom stereocenters. The summed E-state index contributed by atoms with van der Waals surface area (Å²) in [5.74, 6) is -0.642. The van der Waals surface area contributed by atoms with Crippen LogP contribution in [-0.4, -0.2) is 34.6 Å². The van der Waals surface area contributed by atoms with Gasteiger partial charge in [0.2, 0.25) is 0 Å². The number of nitrogen functional groups attached to an aromatic ring is 1. The number of alkyl carbamates (subject to hydrolysis) is 1. The molecule has 130 valence electrons. The van der Waals surface area contributed by atoms with E-state index in [1.165, 1.54) is 19.1 Å². The van der Waals surface area contributed by atoms with Crippen molar-refractivity contribution in [2.24, 2.45) is 0 Å². The molecule has 1 rings (SSSR count). The Morgan fingerprint density at radius 3 is 2.57 bits per heavy atom. The first kappa shape index (κ1) is 19.2. The third-order valence-corrected chi connectivity index (χ3v) is 3.25. The van der Waals surface area contributed by atoms with Crippen LogP contribution in [0.2, 0.25) is 0 Å². The Bertz CT molecular complexity index is 558. The number of halogens is 1. The van der Waals surface area contributed by atoms with Gasteiger partial charge in [-0.15, -0.1) is 0 Å². The van der Waals surface area contributed by atoms with Crippen molar-refractivity contribution in [1.82, 2.24) is 5.32 Å². The molecule has 0 bridgehead atoms. The number of aliphatic hydroxyl groups excluding tert-OH is 2. The fourth-order valence-corrected chi connectivity index (χ4v) is 1.95. The number of hydrogen-bond donors (Lipinski definition) is 4. The van der Waals surface area contributed by atoms with Gasteiger partial charge < -0.3 is 26.0 Å². The average molecular weight is 328 g/mol. The van der Waals surface area contributed by atoms with E-state index in [2.05, 4.69) is 5.32 Å². The van der Waals surface area contributed by atoms with Crippen LogP contribution in [0.4, 0.5) is 14.9 Å². The van der Waals surface area contributed by atoms with Crippen LogP contribution in [0.5, 0.6) is 0 Å². The summed E-state index contributed by atoms with van der Waals surface area (Å²) in [6.07, 6.45) is -3.21. The molecule has 0 saturated heterocycles. The summed E-state index contributed by atoms with van der Waals surface area (Å²) in [5, 5.41) is 22.5. The van der Waals surface area contributed by atoms with Gasteiger partial charge in [0.15, 0.2) is 0 Å². The fraction of sp³-hybridized carbons (Fsp3) is 0.562. The topological polar surface area (TPSA) is 105 Å². The molecule has 0 radical (unpaired) electrons. The Labute approximate surface area is 135 Å². The van der Waals surface area contributed by atoms with Crippen LogP contribution >= 0.6 is 0 Å². The van der Waals surface area contributed by atoms with Gasteiger partial charge in [0.25, 0.3) is 0 Å². The third-order valence-electron chi connectivity index (χ3n) is 3.25. The SMILES string of the molecule is Cc1c(N)ccc(C(O)C(O)CCNC(=O)OC(C)(C)C)c1F. The van der Waals surface area contributed by atoms with E-state index >= 15 is 0 Å². The number of hydrogen-bond acceptors (Lipinski definition) is 5. The Kier molecular flexibility index (Phi) is 6.35. The predicted octanol–water partition coefficient (Wildman–Crippen LogP) is 2.03. The van der Waals surface area contributed by atoms with E-state index in [1.807, 2.05) is 0 Å². The van der Waals surface area contributed by atoms with Gasteiger partial charge in [0.1, 0.15) is 17.5 Å². The molecule has 1 amide bonds. The van der Waals surface area contributed by atoms with E-state index in [0.29, 0.717) is 0 Å². The number of nitrogens with two attached hydrogens (primary N) is 1. The molecular formula is C16H25FN2O4. The molecule has 0 aliphatic rings. The number of carbonyl (C=O) groups is 1. The minimum absolute atomic E-state index is 0.0264. The van der Waals surface area contributed by atoms with Crippen molar-refractivity contribution in [3.05, 3.63) is 29.1 Å². The van der Waals surface area contributed by atoms with Gasteiger partial charge in [0, 0.05) is 23.4 Å². The van der Waals surface area contributed by atoms with Crippen molar-refractivity contribution in [3.63, 3.8) is 0 Å². The molecule has 0 aromatic heterocycles. The summed E-state index contributed by atoms with van der Waals surface area (Å²) >= 11 is 0. The Morgan fingerprint density at radius 2 is 2.00 bits per heavy atom. The summed E-state index contributed by atoms with van der Waals surface area (Å²) in [6.45, 7) is 6.78. The van der Waals surface area contributed by atoms with Crippen LogP contribution in [0.3, 0.4) is 0 Å². The van der Waals surface area contributed by atoms with Crippen LogP contribution in [0.1, 0.15) is 44.4 Å². The average Bonchev–Trinajstić information content (AvgIpc) is 2.42. The number of rotatable bonds is 5. The van der Waals surface area contributed by atoms with Crippen molar-refractivity contribution in [3.8, 4) is 0 Å². The zero-order chi connectivity index (χ0) is 17.8. The lowest BCUT2D eigenvalue weighted by molar-refractivity contribution is 0.0103. The first-order chi connectivity index (χ1) is 10.5. The monoisotopic (exact) mass is 328 g/mol. The quantitative estimate of drug-likeness (QED) is 0.619. The van der Waals surface area contributed by atoms with Gasteiger partial charge >= 0.3 is 6.09 Å². The smallest absolute Gasteiger partial charge is 0.407 e. The van der Waals surface area contributed by atoms with Gasteiger partial charge in [-0.25, -0.2) is 9.18 Å². The van der Waals surface area contributed by atoms with Crippen molar-refractivity contribution in [2.75, 3.05) is 12.3 Å². The summed E-state index contributed by atoms with van der Waals surface area (Å²) in [4.78, 5) is 11.5. The summed E-state index contributed by atoms with van der Waals surface area (Å²) in [7, 11) is 0. The highest BCUT2D eigenvalue weighted by Gasteiger charge is 2.23. The molecule has 1 aromatic carbocycles. The highest BCUT2D eigenvalue weighted by atomic mass is 19.1. The van der Waals surface area contributed by atoms with E-state index < -0.39 is 29.7 Å². The number of anilines is 1. The van der Waals surface area contributed by atoms with Crippen LogP contribution < -0.4 is 11.1 Å². The molecule has 7 heteroatoms. The molecule has 0 aliphatic heterocycles. The maximum absolute atomic E-state index is 14.1. The minimum Gasteiger partial charge on any atom is -0.444 e. The molecule has 0 fully saturated rings. The molecule has 0 saturated carbocycles. The maximum atomic E-state index is 14.1. The minimum atomic E-state index is -1.41. The van der Waals surface area contributed by atoms with Crippen LogP contribution in [0.15, 0.2) is 12.1 Å². The highest BCUT2D eigenvalue weighted by Crippen LogP contribution is 2.26. The summed E-state index contributed by atoms with van der Waals surface area (Å²) < 4.78 is 19.1. The van der Waals surface area contributed by atoms with Crippen LogP contribution in [-0.2, 0) is 4.74 Å². The number of amides is 1. The van der Waals surface area contributed by atoms with E-state index in [0.717, 1.165) is 0 Å². The fourth-order valence-electron chi connectivity index (χ4n) is 1.95. The van der Waals surface area contributed by atoms with Crippen molar-refractivity contribution >= 4 is 11.8 Å². The van der Waals surface area contributed by atoms with E-state index in [4.69, 9.17) is 10.5 Å². The van der Waals surface area contributed by atoms with Crippen LogP contribution in [0, 0.1) is 12.7 Å². The zero-order valence-corrected chi connectivity index (χ0v) is 13.9. The lowest BCUT2D eigenvalue weighted by atomic mass is 9.99. The normalized spacial score (nSPS) is 14.2. The Hall–Kier alpha value is -1.86. The maximum Gasteiger partial charge on any atom is 0.407 e. The number of ether oxygens (including phenoxy) is 1. The van der Waals surface area contributed by atoms with E-state index in [-0.39, 0.29) is 29.8 Å². The molecule has 0 aliphatic carbocycles. The number of nitrogens with one attached hydrogen (secondary N) is 1. The molecule has 23 heavy (non-hydrogen) atoms. The number of aliphatic hydroxyl groups is 2. The predicted molar refractivity (Wildman–Crippen MR) is 85.4 cm³/mol. The molecule has 0 spiro atoms. The molecule has 5 N–H and O–H groups in total. The second-order valence-electron chi connectivity index (χ2n) is 6.41. The number of carbonyl (C=O) groups excluding carboxylic acids is 1. The van der Waals surface area contributed by atoms with Crippen molar-refractivity contribution in [1.29, 1.82) is 0 Å². The first-order valence-electron chi connectivity index (χ1n) is 7.40. The van der Waals surface area contributed by atoms with Gasteiger partial charge in [-0.3, -0.25) is 0 Å². The Balaban J connectivity index is 2.57. The lowest BCUT2D eigenvalue weighted by Gasteiger charge is -2.22. The van der Waals surface area contributed by atoms with Gasteiger partial charge in [0.05, 0.1) is 6.10 Å². The summed E-state index contributed by atoms with van der Waals surface area (Å²) in [6, 6.07) is 2.81. The van der Waals surface area contributed by atoms with Gasteiger partial charge in [-0.2, -0.15) is 0 Å². The molecule has 1 aromatic rings. The summed E-state index contributed by atoms with van der Waals surface area (Å²) in [5.41, 5.74) is 5.44. The lowest BCUT2D eigenvalue weighted by Crippen LogP contribution is -2.34. The van der Waals surface area contributed by atoms with Gasteiger partial charge in [-0.05, 0) is 40.2 Å².